The predicted octanol–water partition coefficient (Wildman–Crippen LogP) is 3.20. The average molecular weight is 345 g/mol. The van der Waals surface area contributed by atoms with Gasteiger partial charge >= 0.3 is 0 Å². The van der Waals surface area contributed by atoms with Crippen LogP contribution in [-0.4, -0.2) is 11.8 Å². The summed E-state index contributed by atoms with van der Waals surface area (Å²) in [5, 5.41) is 2.68. The number of halogens is 1. The van der Waals surface area contributed by atoms with Gasteiger partial charge in [0.1, 0.15) is 0 Å². The van der Waals surface area contributed by atoms with E-state index in [4.69, 9.17) is 5.73 Å². The molecule has 0 radical (unpaired) electrons. The van der Waals surface area contributed by atoms with Gasteiger partial charge in [-0.15, -0.1) is 0 Å². The summed E-state index contributed by atoms with van der Waals surface area (Å²) in [6, 6.07) is 14.1. The molecule has 21 heavy (non-hydrogen) atoms. The molecule has 0 bridgehead atoms. The van der Waals surface area contributed by atoms with Gasteiger partial charge in [-0.2, -0.15) is 0 Å². The van der Waals surface area contributed by atoms with Crippen molar-refractivity contribution < 1.29 is 9.59 Å². The number of anilines is 1. The van der Waals surface area contributed by atoms with Crippen molar-refractivity contribution in [2.45, 2.75) is 0 Å². The van der Waals surface area contributed by atoms with E-state index in [1.807, 2.05) is 24.3 Å². The Bertz CT molecular complexity index is 711. The molecule has 0 spiro atoms. The minimum absolute atomic E-state index is 0.281. The van der Waals surface area contributed by atoms with Crippen LogP contribution in [0.1, 0.15) is 15.9 Å². The number of carbonyl (C=O) groups is 2. The first-order valence-corrected chi connectivity index (χ1v) is 6.98. The number of hydrogen-bond donors (Lipinski definition) is 2. The lowest BCUT2D eigenvalue weighted by Gasteiger charge is -2.03. The Kier molecular flexibility index (Phi) is 4.90. The molecule has 2 amide bonds. The zero-order valence-electron chi connectivity index (χ0n) is 11.0. The van der Waals surface area contributed by atoms with Crippen molar-refractivity contribution in [3.63, 3.8) is 0 Å². The van der Waals surface area contributed by atoms with Crippen LogP contribution >= 0.6 is 15.9 Å². The second-order valence-electron chi connectivity index (χ2n) is 4.32. The quantitative estimate of drug-likeness (QED) is 0.836. The van der Waals surface area contributed by atoms with Gasteiger partial charge in [-0.25, -0.2) is 0 Å². The SMILES string of the molecule is NC(=O)c1cccc(NC(=O)C=Cc2cccc(Br)c2)c1. The van der Waals surface area contributed by atoms with E-state index in [1.54, 1.807) is 24.3 Å². The van der Waals surface area contributed by atoms with Crippen LogP contribution in [0.4, 0.5) is 5.69 Å². The van der Waals surface area contributed by atoms with E-state index in [0.717, 1.165) is 10.0 Å². The highest BCUT2D eigenvalue weighted by molar-refractivity contribution is 9.10. The van der Waals surface area contributed by atoms with Crippen LogP contribution in [0.3, 0.4) is 0 Å². The van der Waals surface area contributed by atoms with E-state index in [2.05, 4.69) is 21.2 Å². The molecular weight excluding hydrogens is 332 g/mol. The van der Waals surface area contributed by atoms with Crippen molar-refractivity contribution in [2.75, 3.05) is 5.32 Å². The van der Waals surface area contributed by atoms with Gasteiger partial charge in [0, 0.05) is 21.8 Å². The molecule has 2 aromatic rings. The molecule has 4 nitrogen and oxygen atoms in total. The molecule has 0 heterocycles. The summed E-state index contributed by atoms with van der Waals surface area (Å²) in [6.45, 7) is 0. The van der Waals surface area contributed by atoms with Crippen LogP contribution in [0.15, 0.2) is 59.1 Å². The zero-order chi connectivity index (χ0) is 15.2. The lowest BCUT2D eigenvalue weighted by atomic mass is 10.2. The largest absolute Gasteiger partial charge is 0.366 e. The maximum absolute atomic E-state index is 11.8. The van der Waals surface area contributed by atoms with Crippen LogP contribution in [0.25, 0.3) is 6.08 Å². The Morgan fingerprint density at radius 3 is 2.57 bits per heavy atom. The lowest BCUT2D eigenvalue weighted by molar-refractivity contribution is -0.111. The molecule has 0 aliphatic carbocycles. The number of carbonyl (C=O) groups excluding carboxylic acids is 2. The maximum Gasteiger partial charge on any atom is 0.248 e. The third-order valence-electron chi connectivity index (χ3n) is 2.69. The van der Waals surface area contributed by atoms with E-state index in [-0.39, 0.29) is 5.91 Å². The molecule has 0 saturated carbocycles. The molecule has 0 aliphatic rings. The summed E-state index contributed by atoms with van der Waals surface area (Å²) in [6.07, 6.45) is 3.14. The van der Waals surface area contributed by atoms with Crippen molar-refractivity contribution in [1.29, 1.82) is 0 Å². The highest BCUT2D eigenvalue weighted by atomic mass is 79.9. The number of amides is 2. The normalized spacial score (nSPS) is 10.5. The van der Waals surface area contributed by atoms with Crippen LogP contribution in [0.5, 0.6) is 0 Å². The maximum atomic E-state index is 11.8. The Balaban J connectivity index is 2.05. The van der Waals surface area contributed by atoms with Gasteiger partial charge in [0.25, 0.3) is 0 Å². The van der Waals surface area contributed by atoms with Gasteiger partial charge in [-0.3, -0.25) is 9.59 Å². The third-order valence-corrected chi connectivity index (χ3v) is 3.18. The Morgan fingerprint density at radius 2 is 1.86 bits per heavy atom. The fourth-order valence-electron chi connectivity index (χ4n) is 1.72. The molecule has 0 saturated heterocycles. The topological polar surface area (TPSA) is 72.2 Å². The number of nitrogens with one attached hydrogen (secondary N) is 1. The predicted molar refractivity (Wildman–Crippen MR) is 86.8 cm³/mol. The molecule has 0 aliphatic heterocycles. The van der Waals surface area contributed by atoms with Gasteiger partial charge in [0.2, 0.25) is 11.8 Å². The monoisotopic (exact) mass is 344 g/mol. The average Bonchev–Trinajstić information content (AvgIpc) is 2.45. The second-order valence-corrected chi connectivity index (χ2v) is 5.24. The first-order valence-electron chi connectivity index (χ1n) is 6.19. The molecule has 5 heteroatoms. The number of benzene rings is 2. The minimum atomic E-state index is -0.532. The second kappa shape index (κ2) is 6.85. The first-order chi connectivity index (χ1) is 10.0. The molecule has 0 unspecified atom stereocenters. The fourth-order valence-corrected chi connectivity index (χ4v) is 2.13. The molecule has 0 fully saturated rings. The van der Waals surface area contributed by atoms with Gasteiger partial charge in [0.05, 0.1) is 0 Å². The number of nitrogens with two attached hydrogens (primary N) is 1. The number of rotatable bonds is 4. The highest BCUT2D eigenvalue weighted by Crippen LogP contribution is 2.13. The Hall–Kier alpha value is -2.40. The van der Waals surface area contributed by atoms with Gasteiger partial charge in [-0.05, 0) is 42.0 Å². The highest BCUT2D eigenvalue weighted by Gasteiger charge is 2.03. The molecule has 3 N–H and O–H groups in total. The molecule has 2 aromatic carbocycles. The summed E-state index contributed by atoms with van der Waals surface area (Å²) in [5.41, 5.74) is 6.97. The van der Waals surface area contributed by atoms with E-state index < -0.39 is 5.91 Å². The fraction of sp³-hybridized carbons (Fsp3) is 0. The summed E-state index contributed by atoms with van der Waals surface area (Å²) >= 11 is 3.37. The third kappa shape index (κ3) is 4.57. The Morgan fingerprint density at radius 1 is 1.10 bits per heavy atom. The van der Waals surface area contributed by atoms with Crippen LogP contribution in [0, 0.1) is 0 Å². The zero-order valence-corrected chi connectivity index (χ0v) is 12.6. The first kappa shape index (κ1) is 15.0. The van der Waals surface area contributed by atoms with Crippen LogP contribution in [-0.2, 0) is 4.79 Å². The van der Waals surface area contributed by atoms with E-state index in [9.17, 15) is 9.59 Å². The number of hydrogen-bond acceptors (Lipinski definition) is 2. The van der Waals surface area contributed by atoms with Gasteiger partial charge in [-0.1, -0.05) is 34.1 Å². The molecular formula is C16H13BrN2O2. The molecule has 0 atom stereocenters. The molecule has 0 aromatic heterocycles. The van der Waals surface area contributed by atoms with Crippen LogP contribution < -0.4 is 11.1 Å². The smallest absolute Gasteiger partial charge is 0.248 e. The molecule has 106 valence electrons. The van der Waals surface area contributed by atoms with E-state index in [0.29, 0.717) is 11.3 Å². The van der Waals surface area contributed by atoms with Gasteiger partial charge in [0.15, 0.2) is 0 Å². The summed E-state index contributed by atoms with van der Waals surface area (Å²) in [5.74, 6) is -0.813. The van der Waals surface area contributed by atoms with Gasteiger partial charge < -0.3 is 11.1 Å². The standard InChI is InChI=1S/C16H13BrN2O2/c17-13-5-1-3-11(9-13)7-8-15(20)19-14-6-2-4-12(10-14)16(18)21/h1-10H,(H2,18,21)(H,19,20). The van der Waals surface area contributed by atoms with Crippen molar-refractivity contribution in [2.24, 2.45) is 5.73 Å². The summed E-state index contributed by atoms with van der Waals surface area (Å²) in [4.78, 5) is 22.9. The molecule has 2 rings (SSSR count). The minimum Gasteiger partial charge on any atom is -0.366 e. The number of primary amides is 1. The van der Waals surface area contributed by atoms with E-state index in [1.165, 1.54) is 12.1 Å². The van der Waals surface area contributed by atoms with Crippen molar-refractivity contribution in [3.05, 3.63) is 70.2 Å². The van der Waals surface area contributed by atoms with Crippen molar-refractivity contribution in [1.82, 2.24) is 0 Å². The lowest BCUT2D eigenvalue weighted by Crippen LogP contribution is -2.12. The van der Waals surface area contributed by atoms with Crippen LogP contribution in [0.2, 0.25) is 0 Å². The van der Waals surface area contributed by atoms with E-state index >= 15 is 0 Å². The summed E-state index contributed by atoms with van der Waals surface area (Å²) < 4.78 is 0.944. The van der Waals surface area contributed by atoms with Crippen molar-refractivity contribution >= 4 is 39.5 Å². The Labute approximate surface area is 130 Å². The summed E-state index contributed by atoms with van der Waals surface area (Å²) in [7, 11) is 0. The van der Waals surface area contributed by atoms with Crippen molar-refractivity contribution in [3.8, 4) is 0 Å².